The van der Waals surface area contributed by atoms with Crippen molar-refractivity contribution in [1.29, 1.82) is 0 Å². The van der Waals surface area contributed by atoms with Gasteiger partial charge in [0.25, 0.3) is 5.91 Å². The highest BCUT2D eigenvalue weighted by Crippen LogP contribution is 2.25. The standard InChI is InChI=1S/C10H8N2OS2/c11-7-3-1-6(2-4-7)5-8-9(13)12-10(14)15-8/h1-5H,11H2,(H,12,13,14)/b8-5-. The Balaban J connectivity index is 2.27. The van der Waals surface area contributed by atoms with Gasteiger partial charge in [-0.25, -0.2) is 0 Å². The molecule has 1 aromatic carbocycles. The van der Waals surface area contributed by atoms with Gasteiger partial charge in [-0.3, -0.25) is 4.79 Å². The summed E-state index contributed by atoms with van der Waals surface area (Å²) in [6, 6.07) is 7.31. The average Bonchev–Trinajstić information content (AvgIpc) is 2.49. The molecule has 0 atom stereocenters. The third-order valence-corrected chi connectivity index (χ3v) is 3.04. The van der Waals surface area contributed by atoms with Gasteiger partial charge in [0, 0.05) is 5.69 Å². The van der Waals surface area contributed by atoms with Crippen molar-refractivity contribution in [1.82, 2.24) is 5.32 Å². The van der Waals surface area contributed by atoms with Gasteiger partial charge < -0.3 is 11.1 Å². The molecule has 3 nitrogen and oxygen atoms in total. The maximum absolute atomic E-state index is 11.3. The summed E-state index contributed by atoms with van der Waals surface area (Å²) in [6.07, 6.45) is 1.79. The van der Waals surface area contributed by atoms with Gasteiger partial charge in [-0.15, -0.1) is 0 Å². The Morgan fingerprint density at radius 2 is 2.00 bits per heavy atom. The average molecular weight is 236 g/mol. The zero-order valence-corrected chi connectivity index (χ0v) is 9.32. The molecule has 1 fully saturated rings. The molecule has 0 bridgehead atoms. The van der Waals surface area contributed by atoms with Crippen LogP contribution in [-0.2, 0) is 4.79 Å². The highest BCUT2D eigenvalue weighted by molar-refractivity contribution is 8.26. The lowest BCUT2D eigenvalue weighted by atomic mass is 10.2. The Bertz CT molecular complexity index is 451. The normalized spacial score (nSPS) is 18.3. The van der Waals surface area contributed by atoms with Gasteiger partial charge in [-0.05, 0) is 23.8 Å². The molecule has 0 unspecified atom stereocenters. The monoisotopic (exact) mass is 236 g/mol. The van der Waals surface area contributed by atoms with Crippen molar-refractivity contribution in [3.8, 4) is 0 Å². The summed E-state index contributed by atoms with van der Waals surface area (Å²) in [7, 11) is 0. The van der Waals surface area contributed by atoms with E-state index in [0.717, 1.165) is 5.56 Å². The molecule has 15 heavy (non-hydrogen) atoms. The molecule has 1 heterocycles. The molecule has 1 aliphatic heterocycles. The lowest BCUT2D eigenvalue weighted by molar-refractivity contribution is -0.115. The second kappa shape index (κ2) is 4.04. The molecule has 76 valence electrons. The smallest absolute Gasteiger partial charge is 0.263 e. The second-order valence-electron chi connectivity index (χ2n) is 3.02. The number of rotatable bonds is 1. The molecule has 1 aliphatic rings. The summed E-state index contributed by atoms with van der Waals surface area (Å²) in [5.41, 5.74) is 7.20. The van der Waals surface area contributed by atoms with Crippen LogP contribution in [-0.4, -0.2) is 10.2 Å². The van der Waals surface area contributed by atoms with E-state index >= 15 is 0 Å². The van der Waals surface area contributed by atoms with Crippen LogP contribution in [0.4, 0.5) is 5.69 Å². The fraction of sp³-hybridized carbons (Fsp3) is 0. The van der Waals surface area contributed by atoms with Gasteiger partial charge in [0.15, 0.2) is 0 Å². The minimum Gasteiger partial charge on any atom is -0.399 e. The number of anilines is 1. The van der Waals surface area contributed by atoms with Crippen LogP contribution in [0.2, 0.25) is 0 Å². The van der Waals surface area contributed by atoms with Gasteiger partial charge in [-0.2, -0.15) is 0 Å². The maximum Gasteiger partial charge on any atom is 0.263 e. The predicted octanol–water partition coefficient (Wildman–Crippen LogP) is 1.76. The van der Waals surface area contributed by atoms with E-state index in [0.29, 0.717) is 14.9 Å². The van der Waals surface area contributed by atoms with E-state index in [-0.39, 0.29) is 5.91 Å². The van der Waals surface area contributed by atoms with Gasteiger partial charge in [0.1, 0.15) is 4.32 Å². The molecule has 1 aromatic rings. The first kappa shape index (κ1) is 10.2. The fourth-order valence-electron chi connectivity index (χ4n) is 1.16. The van der Waals surface area contributed by atoms with E-state index in [1.165, 1.54) is 11.8 Å². The summed E-state index contributed by atoms with van der Waals surface area (Å²) in [5.74, 6) is -0.137. The number of hydrogen-bond acceptors (Lipinski definition) is 4. The van der Waals surface area contributed by atoms with Crippen LogP contribution in [0, 0.1) is 0 Å². The van der Waals surface area contributed by atoms with E-state index < -0.39 is 0 Å². The number of nitrogens with one attached hydrogen (secondary N) is 1. The van der Waals surface area contributed by atoms with Crippen molar-refractivity contribution in [3.63, 3.8) is 0 Å². The Kier molecular flexibility index (Phi) is 2.75. The fourth-order valence-corrected chi connectivity index (χ4v) is 2.21. The van der Waals surface area contributed by atoms with Crippen molar-refractivity contribution in [2.24, 2.45) is 0 Å². The molecule has 0 aliphatic carbocycles. The van der Waals surface area contributed by atoms with Crippen LogP contribution >= 0.6 is 24.0 Å². The third-order valence-electron chi connectivity index (χ3n) is 1.88. The summed E-state index contributed by atoms with van der Waals surface area (Å²) < 4.78 is 0.502. The third kappa shape index (κ3) is 2.37. The van der Waals surface area contributed by atoms with Crippen LogP contribution < -0.4 is 11.1 Å². The van der Waals surface area contributed by atoms with E-state index in [1.807, 2.05) is 12.1 Å². The maximum atomic E-state index is 11.3. The summed E-state index contributed by atoms with van der Waals surface area (Å²) in [5, 5.41) is 2.56. The van der Waals surface area contributed by atoms with Crippen LogP contribution in [0.5, 0.6) is 0 Å². The molecular weight excluding hydrogens is 228 g/mol. The first-order valence-corrected chi connectivity index (χ1v) is 5.48. The van der Waals surface area contributed by atoms with Crippen molar-refractivity contribution < 1.29 is 4.79 Å². The molecule has 0 saturated carbocycles. The van der Waals surface area contributed by atoms with E-state index in [9.17, 15) is 4.79 Å². The first-order chi connectivity index (χ1) is 7.15. The molecule has 0 radical (unpaired) electrons. The Labute approximate surface area is 96.7 Å². The van der Waals surface area contributed by atoms with Gasteiger partial charge >= 0.3 is 0 Å². The van der Waals surface area contributed by atoms with Crippen LogP contribution in [0.15, 0.2) is 29.2 Å². The largest absolute Gasteiger partial charge is 0.399 e. The number of nitrogens with two attached hydrogens (primary N) is 1. The number of nitrogen functional groups attached to an aromatic ring is 1. The number of benzene rings is 1. The highest BCUT2D eigenvalue weighted by atomic mass is 32.2. The molecule has 0 aromatic heterocycles. The minimum atomic E-state index is -0.137. The van der Waals surface area contributed by atoms with E-state index in [2.05, 4.69) is 5.32 Å². The van der Waals surface area contributed by atoms with Crippen molar-refractivity contribution in [3.05, 3.63) is 34.7 Å². The summed E-state index contributed by atoms with van der Waals surface area (Å²) >= 11 is 6.15. The number of carbonyl (C=O) groups excluding carboxylic acids is 1. The highest BCUT2D eigenvalue weighted by Gasteiger charge is 2.21. The molecular formula is C10H8N2OS2. The Morgan fingerprint density at radius 1 is 1.33 bits per heavy atom. The van der Waals surface area contributed by atoms with Crippen molar-refractivity contribution in [2.45, 2.75) is 0 Å². The topological polar surface area (TPSA) is 55.1 Å². The lowest BCUT2D eigenvalue weighted by Crippen LogP contribution is -2.17. The van der Waals surface area contributed by atoms with Gasteiger partial charge in [-0.1, -0.05) is 36.1 Å². The zero-order chi connectivity index (χ0) is 10.8. The van der Waals surface area contributed by atoms with Crippen LogP contribution in [0.25, 0.3) is 6.08 Å². The van der Waals surface area contributed by atoms with E-state index in [4.69, 9.17) is 18.0 Å². The minimum absolute atomic E-state index is 0.137. The lowest BCUT2D eigenvalue weighted by Gasteiger charge is -1.95. The van der Waals surface area contributed by atoms with Crippen LogP contribution in [0.1, 0.15) is 5.56 Å². The number of carbonyl (C=O) groups is 1. The summed E-state index contributed by atoms with van der Waals surface area (Å²) in [4.78, 5) is 12.0. The zero-order valence-electron chi connectivity index (χ0n) is 7.69. The molecule has 5 heteroatoms. The molecule has 0 spiro atoms. The Morgan fingerprint density at radius 3 is 2.53 bits per heavy atom. The van der Waals surface area contributed by atoms with E-state index in [1.54, 1.807) is 18.2 Å². The van der Waals surface area contributed by atoms with Gasteiger partial charge in [0.05, 0.1) is 4.91 Å². The number of thioether (sulfide) groups is 1. The van der Waals surface area contributed by atoms with Crippen molar-refractivity contribution >= 4 is 46.0 Å². The predicted molar refractivity (Wildman–Crippen MR) is 67.2 cm³/mol. The number of hydrogen-bond donors (Lipinski definition) is 2. The second-order valence-corrected chi connectivity index (χ2v) is 4.74. The molecule has 1 saturated heterocycles. The van der Waals surface area contributed by atoms with Gasteiger partial charge in [0.2, 0.25) is 0 Å². The number of amides is 1. The Hall–Kier alpha value is -1.33. The number of thiocarbonyl (C=S) groups is 1. The van der Waals surface area contributed by atoms with Crippen molar-refractivity contribution in [2.75, 3.05) is 5.73 Å². The molecule has 2 rings (SSSR count). The first-order valence-electron chi connectivity index (χ1n) is 4.25. The molecule has 3 N–H and O–H groups in total. The SMILES string of the molecule is Nc1ccc(/C=C2\SC(=S)NC2=O)cc1. The molecule has 1 amide bonds. The quantitative estimate of drug-likeness (QED) is 0.443. The van der Waals surface area contributed by atoms with Crippen LogP contribution in [0.3, 0.4) is 0 Å². The summed E-state index contributed by atoms with van der Waals surface area (Å²) in [6.45, 7) is 0.